The van der Waals surface area contributed by atoms with E-state index in [9.17, 15) is 18.0 Å². The molecule has 0 atom stereocenters. The predicted octanol–water partition coefficient (Wildman–Crippen LogP) is 3.73. The van der Waals surface area contributed by atoms with E-state index in [0.29, 0.717) is 13.0 Å². The first kappa shape index (κ1) is 16.3. The number of carbonyl (C=O) groups excluding carboxylic acids is 1. The molecule has 20 heavy (non-hydrogen) atoms. The summed E-state index contributed by atoms with van der Waals surface area (Å²) >= 11 is 0. The number of amides is 1. The molecule has 0 fully saturated rings. The van der Waals surface area contributed by atoms with Crippen molar-refractivity contribution in [3.05, 3.63) is 29.8 Å². The Labute approximate surface area is 116 Å². The van der Waals surface area contributed by atoms with Gasteiger partial charge in [0.1, 0.15) is 5.75 Å². The second-order valence-electron chi connectivity index (χ2n) is 4.55. The smallest absolute Gasteiger partial charge is 0.406 e. The zero-order valence-corrected chi connectivity index (χ0v) is 11.5. The molecule has 0 unspecified atom stereocenters. The minimum atomic E-state index is -4.69. The molecule has 0 N–H and O–H groups in total. The van der Waals surface area contributed by atoms with Gasteiger partial charge < -0.3 is 9.64 Å². The highest BCUT2D eigenvalue weighted by Gasteiger charge is 2.30. The van der Waals surface area contributed by atoms with E-state index < -0.39 is 6.36 Å². The summed E-state index contributed by atoms with van der Waals surface area (Å²) in [6.45, 7) is 2.38. The number of rotatable bonds is 6. The second kappa shape index (κ2) is 7.17. The van der Waals surface area contributed by atoms with E-state index in [-0.39, 0.29) is 11.7 Å². The fourth-order valence-corrected chi connectivity index (χ4v) is 1.68. The molecule has 0 radical (unpaired) electrons. The van der Waals surface area contributed by atoms with Crippen LogP contribution in [0.2, 0.25) is 0 Å². The van der Waals surface area contributed by atoms with Crippen molar-refractivity contribution >= 4 is 5.91 Å². The average Bonchev–Trinajstić information content (AvgIpc) is 2.36. The molecule has 0 saturated carbocycles. The fraction of sp³-hybridized carbons (Fsp3) is 0.500. The van der Waals surface area contributed by atoms with Gasteiger partial charge in [0.25, 0.3) is 0 Å². The zero-order valence-electron chi connectivity index (χ0n) is 11.5. The van der Waals surface area contributed by atoms with Crippen molar-refractivity contribution in [1.29, 1.82) is 0 Å². The lowest BCUT2D eigenvalue weighted by molar-refractivity contribution is -0.274. The van der Waals surface area contributed by atoms with Gasteiger partial charge in [0.15, 0.2) is 0 Å². The van der Waals surface area contributed by atoms with Crippen LogP contribution in [0.3, 0.4) is 0 Å². The molecule has 0 bridgehead atoms. The Morgan fingerprint density at radius 3 is 2.35 bits per heavy atom. The van der Waals surface area contributed by atoms with Crippen LogP contribution in [-0.4, -0.2) is 24.2 Å². The Morgan fingerprint density at radius 2 is 1.85 bits per heavy atom. The molecule has 0 aromatic heterocycles. The summed E-state index contributed by atoms with van der Waals surface area (Å²) in [6, 6.07) is 5.52. The lowest BCUT2D eigenvalue weighted by Gasteiger charge is -2.17. The van der Waals surface area contributed by atoms with Crippen molar-refractivity contribution in [2.45, 2.75) is 39.1 Å². The fourth-order valence-electron chi connectivity index (χ4n) is 1.68. The first-order valence-corrected chi connectivity index (χ1v) is 6.40. The van der Waals surface area contributed by atoms with E-state index in [0.717, 1.165) is 18.4 Å². The molecule has 6 heteroatoms. The van der Waals surface area contributed by atoms with Gasteiger partial charge in [0.2, 0.25) is 5.91 Å². The summed E-state index contributed by atoms with van der Waals surface area (Å²) < 4.78 is 39.8. The summed E-state index contributed by atoms with van der Waals surface area (Å²) in [7, 11) is 1.68. The van der Waals surface area contributed by atoms with Gasteiger partial charge in [0.05, 0.1) is 0 Å². The van der Waals surface area contributed by atoms with Crippen molar-refractivity contribution in [2.24, 2.45) is 0 Å². The van der Waals surface area contributed by atoms with Gasteiger partial charge >= 0.3 is 6.36 Å². The third kappa shape index (κ3) is 5.95. The number of hydrogen-bond donors (Lipinski definition) is 0. The summed E-state index contributed by atoms with van der Waals surface area (Å²) in [6.07, 6.45) is -2.42. The molecule has 3 nitrogen and oxygen atoms in total. The van der Waals surface area contributed by atoms with Crippen LogP contribution in [0.15, 0.2) is 24.3 Å². The molecule has 0 spiro atoms. The van der Waals surface area contributed by atoms with Crippen LogP contribution in [-0.2, 0) is 11.3 Å². The van der Waals surface area contributed by atoms with E-state index >= 15 is 0 Å². The minimum absolute atomic E-state index is 0.0301. The number of benzene rings is 1. The highest BCUT2D eigenvalue weighted by Crippen LogP contribution is 2.23. The molecular formula is C14H18F3NO2. The SMILES string of the molecule is CCCCC(=O)N(C)Cc1ccc(OC(F)(F)F)cc1. The summed E-state index contributed by atoms with van der Waals surface area (Å²) in [4.78, 5) is 13.3. The molecule has 1 aromatic rings. The summed E-state index contributed by atoms with van der Waals surface area (Å²) in [5.74, 6) is -0.233. The largest absolute Gasteiger partial charge is 0.573 e. The highest BCUT2D eigenvalue weighted by atomic mass is 19.4. The number of unbranched alkanes of at least 4 members (excludes halogenated alkanes) is 1. The lowest BCUT2D eigenvalue weighted by atomic mass is 10.2. The Kier molecular flexibility index (Phi) is 5.85. The number of nitrogens with zero attached hydrogens (tertiary/aromatic N) is 1. The normalized spacial score (nSPS) is 11.2. The first-order chi connectivity index (χ1) is 9.31. The van der Waals surface area contributed by atoms with Gasteiger partial charge in [-0.25, -0.2) is 0 Å². The molecule has 0 heterocycles. The van der Waals surface area contributed by atoms with E-state index in [1.807, 2.05) is 6.92 Å². The Bertz CT molecular complexity index is 429. The van der Waals surface area contributed by atoms with Gasteiger partial charge in [0, 0.05) is 20.0 Å². The third-order valence-corrected chi connectivity index (χ3v) is 2.75. The van der Waals surface area contributed by atoms with Gasteiger partial charge in [-0.05, 0) is 24.1 Å². The molecule has 112 valence electrons. The molecular weight excluding hydrogens is 271 g/mol. The monoisotopic (exact) mass is 289 g/mol. The third-order valence-electron chi connectivity index (χ3n) is 2.75. The number of hydrogen-bond acceptors (Lipinski definition) is 2. The minimum Gasteiger partial charge on any atom is -0.406 e. The summed E-state index contributed by atoms with van der Waals surface area (Å²) in [5.41, 5.74) is 0.756. The number of halogens is 3. The Hall–Kier alpha value is -1.72. The van der Waals surface area contributed by atoms with Crippen LogP contribution < -0.4 is 4.74 Å². The maximum absolute atomic E-state index is 12.0. The van der Waals surface area contributed by atoms with Crippen LogP contribution in [0.25, 0.3) is 0 Å². The van der Waals surface area contributed by atoms with Crippen molar-refractivity contribution in [3.63, 3.8) is 0 Å². The lowest BCUT2D eigenvalue weighted by Crippen LogP contribution is -2.25. The average molecular weight is 289 g/mol. The second-order valence-corrected chi connectivity index (χ2v) is 4.55. The van der Waals surface area contributed by atoms with Crippen molar-refractivity contribution in [3.8, 4) is 5.75 Å². The summed E-state index contributed by atoms with van der Waals surface area (Å²) in [5, 5.41) is 0. The quantitative estimate of drug-likeness (QED) is 0.798. The van der Waals surface area contributed by atoms with Crippen molar-refractivity contribution in [1.82, 2.24) is 4.90 Å². The van der Waals surface area contributed by atoms with Crippen LogP contribution in [0.5, 0.6) is 5.75 Å². The standard InChI is InChI=1S/C14H18F3NO2/c1-3-4-5-13(19)18(2)10-11-6-8-12(9-7-11)20-14(15,16)17/h6-9H,3-5,10H2,1-2H3. The van der Waals surface area contributed by atoms with E-state index in [1.54, 1.807) is 11.9 Å². The van der Waals surface area contributed by atoms with Crippen molar-refractivity contribution in [2.75, 3.05) is 7.05 Å². The van der Waals surface area contributed by atoms with E-state index in [1.165, 1.54) is 24.3 Å². The topological polar surface area (TPSA) is 29.5 Å². The molecule has 0 aliphatic carbocycles. The van der Waals surface area contributed by atoms with Crippen LogP contribution in [0.4, 0.5) is 13.2 Å². The van der Waals surface area contributed by atoms with E-state index in [4.69, 9.17) is 0 Å². The molecule has 1 rings (SSSR count). The molecule has 0 saturated heterocycles. The number of alkyl halides is 3. The number of carbonyl (C=O) groups is 1. The highest BCUT2D eigenvalue weighted by molar-refractivity contribution is 5.75. The molecule has 1 amide bonds. The van der Waals surface area contributed by atoms with Crippen LogP contribution in [0, 0.1) is 0 Å². The molecule has 1 aromatic carbocycles. The zero-order chi connectivity index (χ0) is 15.2. The van der Waals surface area contributed by atoms with Gasteiger partial charge in [-0.3, -0.25) is 4.79 Å². The van der Waals surface area contributed by atoms with Gasteiger partial charge in [-0.15, -0.1) is 13.2 Å². The Balaban J connectivity index is 2.54. The number of ether oxygens (including phenoxy) is 1. The van der Waals surface area contributed by atoms with Crippen LogP contribution in [0.1, 0.15) is 31.7 Å². The van der Waals surface area contributed by atoms with E-state index in [2.05, 4.69) is 4.74 Å². The predicted molar refractivity (Wildman–Crippen MR) is 69.1 cm³/mol. The van der Waals surface area contributed by atoms with Gasteiger partial charge in [-0.1, -0.05) is 25.5 Å². The van der Waals surface area contributed by atoms with Gasteiger partial charge in [-0.2, -0.15) is 0 Å². The molecule has 0 aliphatic heterocycles. The Morgan fingerprint density at radius 1 is 1.25 bits per heavy atom. The maximum atomic E-state index is 12.0. The van der Waals surface area contributed by atoms with Crippen molar-refractivity contribution < 1.29 is 22.7 Å². The first-order valence-electron chi connectivity index (χ1n) is 6.40. The maximum Gasteiger partial charge on any atom is 0.573 e. The van der Waals surface area contributed by atoms with Crippen LogP contribution >= 0.6 is 0 Å². The molecule has 0 aliphatic rings.